The Kier molecular flexibility index (Phi) is 4.73. The van der Waals surface area contributed by atoms with Crippen molar-refractivity contribution in [3.63, 3.8) is 0 Å². The molecular formula is C11H20N2O3. The van der Waals surface area contributed by atoms with Gasteiger partial charge in [0.05, 0.1) is 12.0 Å². The molecule has 0 radical (unpaired) electrons. The van der Waals surface area contributed by atoms with Gasteiger partial charge in [0.25, 0.3) is 0 Å². The molecule has 1 rings (SSSR count). The van der Waals surface area contributed by atoms with Crippen LogP contribution in [0.1, 0.15) is 39.0 Å². The molecule has 1 aliphatic carbocycles. The third-order valence-electron chi connectivity index (χ3n) is 3.06. The number of amides is 1. The minimum Gasteiger partial charge on any atom is -0.481 e. The highest BCUT2D eigenvalue weighted by atomic mass is 16.4. The summed E-state index contributed by atoms with van der Waals surface area (Å²) in [7, 11) is 0. The maximum absolute atomic E-state index is 11.6. The van der Waals surface area contributed by atoms with Crippen LogP contribution < -0.4 is 11.1 Å². The van der Waals surface area contributed by atoms with Gasteiger partial charge in [0.15, 0.2) is 0 Å². The molecule has 0 bridgehead atoms. The van der Waals surface area contributed by atoms with Crippen LogP contribution in [0.3, 0.4) is 0 Å². The second-order valence-corrected chi connectivity index (χ2v) is 4.45. The van der Waals surface area contributed by atoms with Crippen molar-refractivity contribution in [3.8, 4) is 0 Å². The quantitative estimate of drug-likeness (QED) is 0.638. The van der Waals surface area contributed by atoms with E-state index in [0.717, 1.165) is 12.8 Å². The fourth-order valence-corrected chi connectivity index (χ4v) is 2.09. The van der Waals surface area contributed by atoms with Crippen LogP contribution in [-0.2, 0) is 9.59 Å². The number of carbonyl (C=O) groups is 2. The largest absolute Gasteiger partial charge is 0.481 e. The number of aliphatic carboxylic acids is 1. The van der Waals surface area contributed by atoms with Gasteiger partial charge in [0.1, 0.15) is 0 Å². The molecule has 92 valence electrons. The summed E-state index contributed by atoms with van der Waals surface area (Å²) in [5.41, 5.74) is 5.67. The van der Waals surface area contributed by atoms with Crippen LogP contribution in [0.25, 0.3) is 0 Å². The van der Waals surface area contributed by atoms with E-state index < -0.39 is 12.0 Å². The second-order valence-electron chi connectivity index (χ2n) is 4.45. The average molecular weight is 228 g/mol. The first-order valence-electron chi connectivity index (χ1n) is 5.83. The number of nitrogens with two attached hydrogens (primary N) is 1. The van der Waals surface area contributed by atoms with E-state index >= 15 is 0 Å². The Morgan fingerprint density at radius 2 is 2.19 bits per heavy atom. The lowest BCUT2D eigenvalue weighted by molar-refractivity contribution is -0.141. The van der Waals surface area contributed by atoms with Crippen molar-refractivity contribution in [2.45, 2.75) is 51.1 Å². The molecule has 5 heteroatoms. The lowest BCUT2D eigenvalue weighted by Gasteiger charge is -2.16. The SMILES string of the molecule is CCCC(N)C(=O)N[C@H]1CC[C@@H](C(=O)O)C1. The highest BCUT2D eigenvalue weighted by Crippen LogP contribution is 2.25. The van der Waals surface area contributed by atoms with E-state index in [1.54, 1.807) is 0 Å². The van der Waals surface area contributed by atoms with Crippen LogP contribution in [0.5, 0.6) is 0 Å². The summed E-state index contributed by atoms with van der Waals surface area (Å²) < 4.78 is 0. The molecule has 0 aromatic rings. The topological polar surface area (TPSA) is 92.4 Å². The van der Waals surface area contributed by atoms with E-state index in [1.165, 1.54) is 0 Å². The van der Waals surface area contributed by atoms with Crippen LogP contribution in [0, 0.1) is 5.92 Å². The number of carboxylic acid groups (broad SMARTS) is 1. The molecule has 0 saturated heterocycles. The zero-order valence-corrected chi connectivity index (χ0v) is 9.61. The van der Waals surface area contributed by atoms with Gasteiger partial charge in [-0.1, -0.05) is 13.3 Å². The predicted molar refractivity (Wildman–Crippen MR) is 59.8 cm³/mol. The molecule has 3 atom stereocenters. The summed E-state index contributed by atoms with van der Waals surface area (Å²) in [5.74, 6) is -1.24. The van der Waals surface area contributed by atoms with Crippen molar-refractivity contribution >= 4 is 11.9 Å². The zero-order chi connectivity index (χ0) is 12.1. The Morgan fingerprint density at radius 1 is 1.50 bits per heavy atom. The van der Waals surface area contributed by atoms with Crippen molar-refractivity contribution in [2.24, 2.45) is 11.7 Å². The molecule has 4 N–H and O–H groups in total. The third-order valence-corrected chi connectivity index (χ3v) is 3.06. The van der Waals surface area contributed by atoms with E-state index in [9.17, 15) is 9.59 Å². The molecule has 0 aromatic heterocycles. The van der Waals surface area contributed by atoms with Gasteiger partial charge in [-0.15, -0.1) is 0 Å². The summed E-state index contributed by atoms with van der Waals surface area (Å²) in [6.45, 7) is 1.98. The molecule has 1 aliphatic rings. The van der Waals surface area contributed by atoms with Gasteiger partial charge < -0.3 is 16.2 Å². The van der Waals surface area contributed by atoms with Crippen LogP contribution in [0.2, 0.25) is 0 Å². The molecule has 1 amide bonds. The lowest BCUT2D eigenvalue weighted by atomic mass is 10.1. The molecule has 0 spiro atoms. The molecule has 1 saturated carbocycles. The molecular weight excluding hydrogens is 208 g/mol. The van der Waals surface area contributed by atoms with Crippen molar-refractivity contribution in [3.05, 3.63) is 0 Å². The monoisotopic (exact) mass is 228 g/mol. The van der Waals surface area contributed by atoms with E-state index in [1.807, 2.05) is 6.92 Å². The molecule has 0 aliphatic heterocycles. The molecule has 1 unspecified atom stereocenters. The number of rotatable bonds is 5. The van der Waals surface area contributed by atoms with Gasteiger partial charge in [0.2, 0.25) is 5.91 Å². The maximum atomic E-state index is 11.6. The Hall–Kier alpha value is -1.10. The lowest BCUT2D eigenvalue weighted by Crippen LogP contribution is -2.44. The Labute approximate surface area is 95.4 Å². The van der Waals surface area contributed by atoms with Gasteiger partial charge in [-0.3, -0.25) is 9.59 Å². The molecule has 16 heavy (non-hydrogen) atoms. The third kappa shape index (κ3) is 3.48. The summed E-state index contributed by atoms with van der Waals surface area (Å²) in [6.07, 6.45) is 3.45. The van der Waals surface area contributed by atoms with E-state index in [-0.39, 0.29) is 17.9 Å². The predicted octanol–water partition coefficient (Wildman–Crippen LogP) is 0.483. The summed E-state index contributed by atoms with van der Waals surface area (Å²) >= 11 is 0. The second kappa shape index (κ2) is 5.84. The van der Waals surface area contributed by atoms with Gasteiger partial charge in [-0.2, -0.15) is 0 Å². The van der Waals surface area contributed by atoms with Gasteiger partial charge >= 0.3 is 5.97 Å². The number of carboxylic acids is 1. The summed E-state index contributed by atoms with van der Waals surface area (Å²) in [4.78, 5) is 22.3. The zero-order valence-electron chi connectivity index (χ0n) is 9.61. The first kappa shape index (κ1) is 13.0. The first-order chi connectivity index (χ1) is 7.54. The molecule has 0 aromatic carbocycles. The van der Waals surface area contributed by atoms with Crippen molar-refractivity contribution in [2.75, 3.05) is 0 Å². The van der Waals surface area contributed by atoms with Crippen LogP contribution >= 0.6 is 0 Å². The van der Waals surface area contributed by atoms with Crippen molar-refractivity contribution in [1.82, 2.24) is 5.32 Å². The summed E-state index contributed by atoms with van der Waals surface area (Å²) in [5, 5.41) is 11.6. The number of hydrogen-bond donors (Lipinski definition) is 3. The van der Waals surface area contributed by atoms with Crippen molar-refractivity contribution < 1.29 is 14.7 Å². The number of nitrogens with one attached hydrogen (secondary N) is 1. The van der Waals surface area contributed by atoms with Crippen LogP contribution in [-0.4, -0.2) is 29.1 Å². The van der Waals surface area contributed by atoms with Crippen LogP contribution in [0.15, 0.2) is 0 Å². The molecule has 0 heterocycles. The van der Waals surface area contributed by atoms with Gasteiger partial charge in [-0.05, 0) is 25.7 Å². The first-order valence-corrected chi connectivity index (χ1v) is 5.83. The fourth-order valence-electron chi connectivity index (χ4n) is 2.09. The summed E-state index contributed by atoms with van der Waals surface area (Å²) in [6, 6.07) is -0.481. The average Bonchev–Trinajstić information content (AvgIpc) is 2.66. The number of hydrogen-bond acceptors (Lipinski definition) is 3. The normalized spacial score (nSPS) is 26.4. The highest BCUT2D eigenvalue weighted by molar-refractivity contribution is 5.81. The van der Waals surface area contributed by atoms with Gasteiger partial charge in [0, 0.05) is 6.04 Å². The minimum absolute atomic E-state index is 0.0171. The smallest absolute Gasteiger partial charge is 0.306 e. The molecule has 5 nitrogen and oxygen atoms in total. The van der Waals surface area contributed by atoms with Gasteiger partial charge in [-0.25, -0.2) is 0 Å². The number of carbonyl (C=O) groups excluding carboxylic acids is 1. The minimum atomic E-state index is -0.769. The Bertz CT molecular complexity index is 268. The fraction of sp³-hybridized carbons (Fsp3) is 0.818. The molecule has 1 fully saturated rings. The van der Waals surface area contributed by atoms with Crippen LogP contribution in [0.4, 0.5) is 0 Å². The highest BCUT2D eigenvalue weighted by Gasteiger charge is 2.31. The maximum Gasteiger partial charge on any atom is 0.306 e. The van der Waals surface area contributed by atoms with Crippen molar-refractivity contribution in [1.29, 1.82) is 0 Å². The van der Waals surface area contributed by atoms with E-state index in [4.69, 9.17) is 10.8 Å². The Balaban J connectivity index is 2.33. The van der Waals surface area contributed by atoms with E-state index in [2.05, 4.69) is 5.32 Å². The Morgan fingerprint density at radius 3 is 2.69 bits per heavy atom. The standard InChI is InChI=1S/C11H20N2O3/c1-2-3-9(12)10(14)13-8-5-4-7(6-8)11(15)16/h7-9H,2-6,12H2,1H3,(H,13,14)(H,15,16)/t7-,8+,9?/m1/s1. The van der Waals surface area contributed by atoms with E-state index in [0.29, 0.717) is 19.3 Å².